The Balaban J connectivity index is 1.82. The molecule has 6 nitrogen and oxygen atoms in total. The molecule has 2 aromatic rings. The Morgan fingerprint density at radius 3 is 2.91 bits per heavy atom. The minimum Gasteiger partial charge on any atom is -0.481 e. The average Bonchev–Trinajstić information content (AvgIpc) is 2.85. The van der Waals surface area contributed by atoms with E-state index in [1.165, 1.54) is 0 Å². The summed E-state index contributed by atoms with van der Waals surface area (Å²) in [6.45, 7) is 4.85. The predicted molar refractivity (Wildman–Crippen MR) is 85.3 cm³/mol. The van der Waals surface area contributed by atoms with Crippen molar-refractivity contribution in [1.82, 2.24) is 14.3 Å². The Morgan fingerprint density at radius 2 is 2.17 bits per heavy atom. The fourth-order valence-corrected chi connectivity index (χ4v) is 3.24. The number of aromatic nitrogens is 2. The number of likely N-dealkylation sites (tertiary alicyclic amines) is 1. The van der Waals surface area contributed by atoms with Crippen LogP contribution in [0, 0.1) is 19.8 Å². The lowest BCUT2D eigenvalue weighted by Gasteiger charge is -2.30. The number of hydrogen-bond acceptors (Lipinski definition) is 3. The molecule has 1 N–H and O–H groups in total. The Labute approximate surface area is 134 Å². The van der Waals surface area contributed by atoms with Gasteiger partial charge in [0.05, 0.1) is 23.7 Å². The fourth-order valence-electron chi connectivity index (χ4n) is 3.24. The van der Waals surface area contributed by atoms with Crippen LogP contribution in [0.3, 0.4) is 0 Å². The molecule has 6 heteroatoms. The van der Waals surface area contributed by atoms with Crippen molar-refractivity contribution in [2.75, 3.05) is 13.1 Å². The molecule has 3 rings (SSSR count). The largest absolute Gasteiger partial charge is 0.481 e. The van der Waals surface area contributed by atoms with E-state index in [0.717, 1.165) is 29.0 Å². The molecule has 1 saturated heterocycles. The molecule has 122 valence electrons. The van der Waals surface area contributed by atoms with Crippen molar-refractivity contribution < 1.29 is 14.7 Å². The standard InChI is InChI=1S/C17H21N3O3/c1-11-5-3-8-20-14(12(2)18-16(11)20)9-15(21)19-7-4-6-13(10-19)17(22)23/h3,5,8,13H,4,6-7,9-10H2,1-2H3,(H,22,23). The van der Waals surface area contributed by atoms with Gasteiger partial charge < -0.3 is 14.4 Å². The zero-order valence-corrected chi connectivity index (χ0v) is 13.5. The number of nitrogens with zero attached hydrogens (tertiary/aromatic N) is 3. The molecule has 1 fully saturated rings. The zero-order chi connectivity index (χ0) is 16.6. The molecule has 1 aliphatic heterocycles. The summed E-state index contributed by atoms with van der Waals surface area (Å²) in [5, 5.41) is 9.16. The van der Waals surface area contributed by atoms with Crippen LogP contribution in [-0.4, -0.2) is 44.4 Å². The van der Waals surface area contributed by atoms with Crippen molar-refractivity contribution >= 4 is 17.5 Å². The van der Waals surface area contributed by atoms with Crippen molar-refractivity contribution in [1.29, 1.82) is 0 Å². The van der Waals surface area contributed by atoms with Crippen molar-refractivity contribution in [2.24, 2.45) is 5.92 Å². The number of hydrogen-bond donors (Lipinski definition) is 1. The summed E-state index contributed by atoms with van der Waals surface area (Å²) >= 11 is 0. The second-order valence-corrected chi connectivity index (χ2v) is 6.22. The van der Waals surface area contributed by atoms with E-state index in [2.05, 4.69) is 4.98 Å². The summed E-state index contributed by atoms with van der Waals surface area (Å²) in [6, 6.07) is 3.94. The number of rotatable bonds is 3. The van der Waals surface area contributed by atoms with Crippen LogP contribution in [0.1, 0.15) is 29.8 Å². The van der Waals surface area contributed by atoms with Crippen LogP contribution >= 0.6 is 0 Å². The van der Waals surface area contributed by atoms with Crippen LogP contribution in [0.25, 0.3) is 5.65 Å². The van der Waals surface area contributed by atoms with Gasteiger partial charge in [0.2, 0.25) is 5.91 Å². The van der Waals surface area contributed by atoms with Crippen LogP contribution in [0.5, 0.6) is 0 Å². The topological polar surface area (TPSA) is 74.9 Å². The predicted octanol–water partition coefficient (Wildman–Crippen LogP) is 1.82. The van der Waals surface area contributed by atoms with Crippen LogP contribution in [0.4, 0.5) is 0 Å². The van der Waals surface area contributed by atoms with E-state index in [9.17, 15) is 9.59 Å². The number of carbonyl (C=O) groups excluding carboxylic acids is 1. The number of pyridine rings is 1. The number of aliphatic carboxylic acids is 1. The molecule has 0 aliphatic carbocycles. The molecule has 1 aliphatic rings. The third kappa shape index (κ3) is 2.93. The zero-order valence-electron chi connectivity index (χ0n) is 13.5. The van der Waals surface area contributed by atoms with E-state index in [1.54, 1.807) is 4.90 Å². The number of amides is 1. The number of fused-ring (bicyclic) bond motifs is 1. The lowest BCUT2D eigenvalue weighted by molar-refractivity contribution is -0.145. The molecule has 0 saturated carbocycles. The average molecular weight is 315 g/mol. The normalized spacial score (nSPS) is 18.3. The SMILES string of the molecule is Cc1nc2c(C)cccn2c1CC(=O)N1CCCC(C(=O)O)C1. The van der Waals surface area contributed by atoms with Crippen molar-refractivity contribution in [3.63, 3.8) is 0 Å². The molecule has 2 aromatic heterocycles. The van der Waals surface area contributed by atoms with Gasteiger partial charge in [-0.1, -0.05) is 6.07 Å². The van der Waals surface area contributed by atoms with Crippen molar-refractivity contribution in [3.8, 4) is 0 Å². The molecule has 0 spiro atoms. The minimum absolute atomic E-state index is 0.0256. The number of aryl methyl sites for hydroxylation is 2. The molecule has 0 bridgehead atoms. The molecule has 3 heterocycles. The molecule has 1 amide bonds. The molecular formula is C17H21N3O3. The van der Waals surface area contributed by atoms with E-state index in [4.69, 9.17) is 5.11 Å². The molecule has 23 heavy (non-hydrogen) atoms. The summed E-state index contributed by atoms with van der Waals surface area (Å²) in [7, 11) is 0. The smallest absolute Gasteiger partial charge is 0.308 e. The number of imidazole rings is 1. The highest BCUT2D eigenvalue weighted by Gasteiger charge is 2.28. The van der Waals surface area contributed by atoms with Crippen molar-refractivity contribution in [2.45, 2.75) is 33.1 Å². The first kappa shape index (κ1) is 15.5. The Morgan fingerprint density at radius 1 is 1.39 bits per heavy atom. The number of carboxylic acids is 1. The highest BCUT2D eigenvalue weighted by molar-refractivity contribution is 5.80. The number of piperidine rings is 1. The van der Waals surface area contributed by atoms with Gasteiger partial charge in [0, 0.05) is 19.3 Å². The van der Waals surface area contributed by atoms with E-state index < -0.39 is 11.9 Å². The summed E-state index contributed by atoms with van der Waals surface area (Å²) in [5.41, 5.74) is 3.67. The molecule has 0 radical (unpaired) electrons. The monoisotopic (exact) mass is 315 g/mol. The van der Waals surface area contributed by atoms with Crippen LogP contribution in [-0.2, 0) is 16.0 Å². The van der Waals surface area contributed by atoms with Gasteiger partial charge in [-0.25, -0.2) is 4.98 Å². The number of carbonyl (C=O) groups is 2. The van der Waals surface area contributed by atoms with Gasteiger partial charge in [0.15, 0.2) is 0 Å². The minimum atomic E-state index is -0.816. The third-order valence-corrected chi connectivity index (χ3v) is 4.59. The second kappa shape index (κ2) is 6.02. The van der Waals surface area contributed by atoms with E-state index >= 15 is 0 Å². The van der Waals surface area contributed by atoms with Crippen LogP contribution in [0.15, 0.2) is 18.3 Å². The van der Waals surface area contributed by atoms with Crippen LogP contribution in [0.2, 0.25) is 0 Å². The first-order valence-corrected chi connectivity index (χ1v) is 7.91. The van der Waals surface area contributed by atoms with Gasteiger partial charge in [0.1, 0.15) is 5.65 Å². The molecule has 1 atom stereocenters. The van der Waals surface area contributed by atoms with Gasteiger partial charge >= 0.3 is 5.97 Å². The third-order valence-electron chi connectivity index (χ3n) is 4.59. The van der Waals surface area contributed by atoms with E-state index in [1.807, 2.05) is 36.6 Å². The van der Waals surface area contributed by atoms with Gasteiger partial charge in [0.25, 0.3) is 0 Å². The highest BCUT2D eigenvalue weighted by atomic mass is 16.4. The Bertz CT molecular complexity index is 766. The maximum Gasteiger partial charge on any atom is 0.308 e. The molecule has 0 aromatic carbocycles. The second-order valence-electron chi connectivity index (χ2n) is 6.22. The summed E-state index contributed by atoms with van der Waals surface area (Å²) in [4.78, 5) is 30.0. The lowest BCUT2D eigenvalue weighted by atomic mass is 9.98. The fraction of sp³-hybridized carbons (Fsp3) is 0.471. The van der Waals surface area contributed by atoms with Crippen molar-refractivity contribution in [3.05, 3.63) is 35.3 Å². The van der Waals surface area contributed by atoms with Gasteiger partial charge in [-0.3, -0.25) is 9.59 Å². The highest BCUT2D eigenvalue weighted by Crippen LogP contribution is 2.20. The first-order chi connectivity index (χ1) is 11.0. The summed E-state index contributed by atoms with van der Waals surface area (Å²) < 4.78 is 1.96. The van der Waals surface area contributed by atoms with Crippen LogP contribution < -0.4 is 0 Å². The van der Waals surface area contributed by atoms with Gasteiger partial charge in [-0.05, 0) is 38.3 Å². The lowest BCUT2D eigenvalue weighted by Crippen LogP contribution is -2.43. The van der Waals surface area contributed by atoms with E-state index in [-0.39, 0.29) is 12.3 Å². The van der Waals surface area contributed by atoms with Gasteiger partial charge in [-0.2, -0.15) is 0 Å². The Hall–Kier alpha value is -2.37. The van der Waals surface area contributed by atoms with E-state index in [0.29, 0.717) is 19.5 Å². The molecule has 1 unspecified atom stereocenters. The quantitative estimate of drug-likeness (QED) is 0.937. The van der Waals surface area contributed by atoms with Gasteiger partial charge in [-0.15, -0.1) is 0 Å². The maximum atomic E-state index is 12.6. The molecular weight excluding hydrogens is 294 g/mol. The first-order valence-electron chi connectivity index (χ1n) is 7.91. The number of carboxylic acid groups (broad SMARTS) is 1. The maximum absolute atomic E-state index is 12.6. The summed E-state index contributed by atoms with van der Waals surface area (Å²) in [6.07, 6.45) is 3.56. The summed E-state index contributed by atoms with van der Waals surface area (Å²) in [5.74, 6) is -1.29. The Kier molecular flexibility index (Phi) is 4.07.